The number of hydrogen-bond acceptors (Lipinski definition) is 2. The van der Waals surface area contributed by atoms with E-state index in [1.54, 1.807) is 0 Å². The van der Waals surface area contributed by atoms with E-state index in [0.717, 1.165) is 13.0 Å². The molecule has 0 aromatic heterocycles. The molecule has 2 nitrogen and oxygen atoms in total. The summed E-state index contributed by atoms with van der Waals surface area (Å²) >= 11 is 0. The molecule has 0 spiro atoms. The van der Waals surface area contributed by atoms with Crippen LogP contribution in [-0.2, 0) is 0 Å². The molecule has 1 atom stereocenters. The third-order valence-corrected chi connectivity index (χ3v) is 2.70. The van der Waals surface area contributed by atoms with Crippen molar-refractivity contribution in [2.45, 2.75) is 45.3 Å². The smallest absolute Gasteiger partial charge is 0.327 e. The molecule has 0 aliphatic heterocycles. The Kier molecular flexibility index (Phi) is 6.99. The Morgan fingerprint density at radius 1 is 1.19 bits per heavy atom. The maximum atomic E-state index is 11.9. The topological polar surface area (TPSA) is 29.3 Å². The summed E-state index contributed by atoms with van der Waals surface area (Å²) < 4.78 is 35.7. The molecule has 0 aromatic carbocycles. The second-order valence-corrected chi connectivity index (χ2v) is 4.72. The van der Waals surface area contributed by atoms with E-state index in [-0.39, 0.29) is 12.5 Å². The highest BCUT2D eigenvalue weighted by atomic mass is 19.4. The third kappa shape index (κ3) is 8.97. The molecule has 0 aliphatic carbocycles. The van der Waals surface area contributed by atoms with Gasteiger partial charge in [-0.3, -0.25) is 0 Å². The lowest BCUT2D eigenvalue weighted by Gasteiger charge is -2.21. The maximum Gasteiger partial charge on any atom is 0.389 e. The SMILES string of the molecule is CC(C)C(N)CCN(C)CCCC(F)(F)F. The van der Waals surface area contributed by atoms with Gasteiger partial charge in [0, 0.05) is 12.5 Å². The van der Waals surface area contributed by atoms with Gasteiger partial charge in [0.2, 0.25) is 0 Å². The van der Waals surface area contributed by atoms with Gasteiger partial charge in [0.05, 0.1) is 0 Å². The van der Waals surface area contributed by atoms with E-state index in [1.165, 1.54) is 0 Å². The molecule has 0 bridgehead atoms. The van der Waals surface area contributed by atoms with Crippen molar-refractivity contribution in [1.29, 1.82) is 0 Å². The fourth-order valence-corrected chi connectivity index (χ4v) is 1.36. The quantitative estimate of drug-likeness (QED) is 0.741. The molecule has 0 radical (unpaired) electrons. The van der Waals surface area contributed by atoms with Crippen LogP contribution in [0, 0.1) is 5.92 Å². The zero-order valence-electron chi connectivity index (χ0n) is 10.3. The van der Waals surface area contributed by atoms with Gasteiger partial charge in [0.15, 0.2) is 0 Å². The summed E-state index contributed by atoms with van der Waals surface area (Å²) in [6.07, 6.45) is -3.74. The minimum atomic E-state index is -4.03. The molecule has 0 amide bonds. The molecule has 0 fully saturated rings. The van der Waals surface area contributed by atoms with Gasteiger partial charge in [-0.25, -0.2) is 0 Å². The zero-order chi connectivity index (χ0) is 12.8. The number of nitrogens with two attached hydrogens (primary N) is 1. The molecule has 5 heteroatoms. The van der Waals surface area contributed by atoms with Gasteiger partial charge in [0.25, 0.3) is 0 Å². The Hall–Kier alpha value is -0.290. The molecule has 0 rings (SSSR count). The fourth-order valence-electron chi connectivity index (χ4n) is 1.36. The highest BCUT2D eigenvalue weighted by Crippen LogP contribution is 2.21. The predicted molar refractivity (Wildman–Crippen MR) is 60.2 cm³/mol. The van der Waals surface area contributed by atoms with Gasteiger partial charge < -0.3 is 10.6 Å². The van der Waals surface area contributed by atoms with Crippen LogP contribution in [0.2, 0.25) is 0 Å². The summed E-state index contributed by atoms with van der Waals surface area (Å²) in [4.78, 5) is 1.91. The van der Waals surface area contributed by atoms with Crippen molar-refractivity contribution < 1.29 is 13.2 Å². The lowest BCUT2D eigenvalue weighted by molar-refractivity contribution is -0.136. The van der Waals surface area contributed by atoms with Crippen LogP contribution in [0.5, 0.6) is 0 Å². The summed E-state index contributed by atoms with van der Waals surface area (Å²) in [5.41, 5.74) is 5.86. The Morgan fingerprint density at radius 3 is 2.19 bits per heavy atom. The summed E-state index contributed by atoms with van der Waals surface area (Å²) in [5.74, 6) is 0.420. The van der Waals surface area contributed by atoms with Gasteiger partial charge in [-0.1, -0.05) is 13.8 Å². The van der Waals surface area contributed by atoms with Crippen LogP contribution in [0.15, 0.2) is 0 Å². The Bertz CT molecular complexity index is 181. The molecule has 0 aliphatic rings. The van der Waals surface area contributed by atoms with E-state index in [1.807, 2.05) is 25.8 Å². The van der Waals surface area contributed by atoms with Crippen molar-refractivity contribution in [2.24, 2.45) is 11.7 Å². The molecule has 0 saturated heterocycles. The lowest BCUT2D eigenvalue weighted by atomic mass is 10.0. The molecule has 1 unspecified atom stereocenters. The summed E-state index contributed by atoms with van der Waals surface area (Å²) in [5, 5.41) is 0. The van der Waals surface area contributed by atoms with Crippen molar-refractivity contribution in [1.82, 2.24) is 4.90 Å². The first-order valence-electron chi connectivity index (χ1n) is 5.73. The number of rotatable bonds is 7. The normalized spacial score (nSPS) is 14.8. The van der Waals surface area contributed by atoms with Crippen LogP contribution >= 0.6 is 0 Å². The first-order valence-corrected chi connectivity index (χ1v) is 5.73. The van der Waals surface area contributed by atoms with E-state index in [9.17, 15) is 13.2 Å². The summed E-state index contributed by atoms with van der Waals surface area (Å²) in [7, 11) is 1.84. The van der Waals surface area contributed by atoms with Crippen LogP contribution in [0.4, 0.5) is 13.2 Å². The molecule has 0 heterocycles. The van der Waals surface area contributed by atoms with Gasteiger partial charge in [0.1, 0.15) is 0 Å². The fraction of sp³-hybridized carbons (Fsp3) is 1.00. The molecular formula is C11H23F3N2. The van der Waals surface area contributed by atoms with Crippen LogP contribution in [0.3, 0.4) is 0 Å². The largest absolute Gasteiger partial charge is 0.389 e. The van der Waals surface area contributed by atoms with Crippen molar-refractivity contribution in [3.8, 4) is 0 Å². The minimum absolute atomic E-state index is 0.130. The standard InChI is InChI=1S/C11H23F3N2/c1-9(2)10(15)5-8-16(3)7-4-6-11(12,13)14/h9-10H,4-8,15H2,1-3H3. The van der Waals surface area contributed by atoms with Crippen molar-refractivity contribution in [3.63, 3.8) is 0 Å². The van der Waals surface area contributed by atoms with Crippen LogP contribution in [-0.4, -0.2) is 37.3 Å². The maximum absolute atomic E-state index is 11.9. The molecule has 0 saturated carbocycles. The van der Waals surface area contributed by atoms with Gasteiger partial charge in [-0.15, -0.1) is 0 Å². The van der Waals surface area contributed by atoms with Crippen LogP contribution < -0.4 is 5.73 Å². The highest BCUT2D eigenvalue weighted by Gasteiger charge is 2.26. The van der Waals surface area contributed by atoms with E-state index in [0.29, 0.717) is 12.5 Å². The van der Waals surface area contributed by atoms with Crippen LogP contribution in [0.1, 0.15) is 33.1 Å². The highest BCUT2D eigenvalue weighted by molar-refractivity contribution is 4.67. The van der Waals surface area contributed by atoms with Gasteiger partial charge in [-0.2, -0.15) is 13.2 Å². The minimum Gasteiger partial charge on any atom is -0.327 e. The average molecular weight is 240 g/mol. The Balaban J connectivity index is 3.56. The van der Waals surface area contributed by atoms with E-state index in [2.05, 4.69) is 0 Å². The van der Waals surface area contributed by atoms with Crippen molar-refractivity contribution in [3.05, 3.63) is 0 Å². The average Bonchev–Trinajstić information content (AvgIpc) is 2.11. The second kappa shape index (κ2) is 7.12. The van der Waals surface area contributed by atoms with Crippen LogP contribution in [0.25, 0.3) is 0 Å². The van der Waals surface area contributed by atoms with Crippen molar-refractivity contribution in [2.75, 3.05) is 20.1 Å². The molecule has 16 heavy (non-hydrogen) atoms. The first kappa shape index (κ1) is 15.7. The number of halogens is 3. The van der Waals surface area contributed by atoms with E-state index < -0.39 is 12.6 Å². The second-order valence-electron chi connectivity index (χ2n) is 4.72. The Morgan fingerprint density at radius 2 is 1.75 bits per heavy atom. The van der Waals surface area contributed by atoms with E-state index in [4.69, 9.17) is 5.73 Å². The molecule has 0 aromatic rings. The number of hydrogen-bond donors (Lipinski definition) is 1. The monoisotopic (exact) mass is 240 g/mol. The predicted octanol–water partition coefficient (Wildman–Crippen LogP) is 2.63. The Labute approximate surface area is 96.0 Å². The first-order chi connectivity index (χ1) is 7.22. The summed E-state index contributed by atoms with van der Waals surface area (Å²) in [6.45, 7) is 5.34. The van der Waals surface area contributed by atoms with Gasteiger partial charge in [-0.05, 0) is 38.9 Å². The number of nitrogens with zero attached hydrogens (tertiary/aromatic N) is 1. The van der Waals surface area contributed by atoms with Crippen molar-refractivity contribution >= 4 is 0 Å². The molecular weight excluding hydrogens is 217 g/mol. The number of alkyl halides is 3. The summed E-state index contributed by atoms with van der Waals surface area (Å²) in [6, 6.07) is 0.130. The molecule has 98 valence electrons. The third-order valence-electron chi connectivity index (χ3n) is 2.70. The lowest BCUT2D eigenvalue weighted by Crippen LogP contribution is -2.32. The van der Waals surface area contributed by atoms with Gasteiger partial charge >= 0.3 is 6.18 Å². The molecule has 2 N–H and O–H groups in total. The zero-order valence-corrected chi connectivity index (χ0v) is 10.3. The van der Waals surface area contributed by atoms with E-state index >= 15 is 0 Å².